The molecule has 3 aliphatic rings. The molecule has 0 aromatic carbocycles. The Morgan fingerprint density at radius 3 is 2.68 bits per heavy atom. The van der Waals surface area contributed by atoms with E-state index in [1.165, 1.54) is 15.8 Å². The second-order valence-electron chi connectivity index (χ2n) is 10.6. The summed E-state index contributed by atoms with van der Waals surface area (Å²) in [6.07, 6.45) is 12.6. The smallest absolute Gasteiger partial charge is 0.217 e. The molecule has 1 saturated heterocycles. The van der Waals surface area contributed by atoms with Gasteiger partial charge < -0.3 is 16.0 Å². The van der Waals surface area contributed by atoms with E-state index in [9.17, 15) is 9.59 Å². The maximum Gasteiger partial charge on any atom is 0.217 e. The third kappa shape index (κ3) is 4.95. The molecule has 2 aromatic heterocycles. The maximum absolute atomic E-state index is 12.6. The fourth-order valence-electron chi connectivity index (χ4n) is 6.35. The Labute approximate surface area is 206 Å². The van der Waals surface area contributed by atoms with E-state index in [1.54, 1.807) is 17.7 Å². The van der Waals surface area contributed by atoms with Crippen molar-refractivity contribution in [3.05, 3.63) is 16.8 Å². The molecule has 0 spiro atoms. The minimum absolute atomic E-state index is 0.226. The Kier molecular flexibility index (Phi) is 7.09. The normalized spacial score (nSPS) is 24.4. The van der Waals surface area contributed by atoms with E-state index in [2.05, 4.69) is 27.0 Å². The number of hydrogen-bond acceptors (Lipinski definition) is 6. The highest BCUT2D eigenvalue weighted by Crippen LogP contribution is 2.47. The van der Waals surface area contributed by atoms with Gasteiger partial charge in [0.1, 0.15) is 17.0 Å². The quantitative estimate of drug-likeness (QED) is 0.543. The van der Waals surface area contributed by atoms with Crippen LogP contribution in [0.25, 0.3) is 10.2 Å². The van der Waals surface area contributed by atoms with Gasteiger partial charge >= 0.3 is 0 Å². The van der Waals surface area contributed by atoms with Gasteiger partial charge in [-0.1, -0.05) is 25.5 Å². The van der Waals surface area contributed by atoms with Gasteiger partial charge in [-0.25, -0.2) is 9.97 Å². The van der Waals surface area contributed by atoms with Gasteiger partial charge in [0.25, 0.3) is 0 Å². The third-order valence-corrected chi connectivity index (χ3v) is 9.52. The molecule has 2 aliphatic carbocycles. The standard InChI is InChI=1S/C25H36BN5O2S/c1-26(14-21(33)31-12-2-3-13-31)17-6-8-18(9-7-17)30-24-23-22-16(5-11-20(27)32)4-10-19(22)34-25(23)29-15-28-24/h15-18H,2-14H2,1H3,(H2,27,32)(H,28,29,30)/t16-,17?,18?/m1/s1. The summed E-state index contributed by atoms with van der Waals surface area (Å²) in [5, 5.41) is 4.93. The second-order valence-corrected chi connectivity index (χ2v) is 11.7. The van der Waals surface area contributed by atoms with E-state index in [-0.39, 0.29) is 5.91 Å². The molecular formula is C25H36BN5O2S. The first kappa shape index (κ1) is 23.6. The van der Waals surface area contributed by atoms with Crippen LogP contribution in [0.2, 0.25) is 19.0 Å². The van der Waals surface area contributed by atoms with Crippen molar-refractivity contribution in [2.45, 2.75) is 95.1 Å². The van der Waals surface area contributed by atoms with E-state index >= 15 is 0 Å². The number of rotatable bonds is 8. The fraction of sp³-hybridized carbons (Fsp3) is 0.680. The molecule has 5 rings (SSSR count). The molecule has 7 nitrogen and oxygen atoms in total. The Bertz CT molecular complexity index is 1050. The summed E-state index contributed by atoms with van der Waals surface area (Å²) in [5.74, 6) is 2.07. The molecule has 0 bridgehead atoms. The molecule has 0 unspecified atom stereocenters. The predicted molar refractivity (Wildman–Crippen MR) is 139 cm³/mol. The van der Waals surface area contributed by atoms with Gasteiger partial charge in [0.05, 0.1) is 5.39 Å². The topological polar surface area (TPSA) is 101 Å². The molecule has 3 heterocycles. The zero-order chi connectivity index (χ0) is 23.7. The van der Waals surface area contributed by atoms with Gasteiger partial charge in [0, 0.05) is 36.7 Å². The Balaban J connectivity index is 1.22. The van der Waals surface area contributed by atoms with Crippen molar-refractivity contribution >= 4 is 45.9 Å². The predicted octanol–water partition coefficient (Wildman–Crippen LogP) is 4.46. The summed E-state index contributed by atoms with van der Waals surface area (Å²) in [5.41, 5.74) is 6.78. The molecule has 2 aromatic rings. The summed E-state index contributed by atoms with van der Waals surface area (Å²) >= 11 is 1.78. The lowest BCUT2D eigenvalue weighted by molar-refractivity contribution is -0.127. The van der Waals surface area contributed by atoms with Gasteiger partial charge in [-0.15, -0.1) is 11.3 Å². The molecule has 182 valence electrons. The van der Waals surface area contributed by atoms with E-state index in [0.717, 1.165) is 81.5 Å². The van der Waals surface area contributed by atoms with Crippen molar-refractivity contribution in [3.8, 4) is 0 Å². The summed E-state index contributed by atoms with van der Waals surface area (Å²) < 4.78 is 0. The summed E-state index contributed by atoms with van der Waals surface area (Å²) in [4.78, 5) is 37.7. The number of carbonyl (C=O) groups excluding carboxylic acids is 2. The number of nitrogens with two attached hydrogens (primary N) is 1. The maximum atomic E-state index is 12.6. The Hall–Kier alpha value is -2.16. The van der Waals surface area contributed by atoms with Gasteiger partial charge in [0.2, 0.25) is 11.8 Å². The van der Waals surface area contributed by atoms with Crippen molar-refractivity contribution in [2.24, 2.45) is 5.73 Å². The number of nitrogens with zero attached hydrogens (tertiary/aromatic N) is 3. The molecule has 34 heavy (non-hydrogen) atoms. The third-order valence-electron chi connectivity index (χ3n) is 8.34. The number of primary amides is 1. The van der Waals surface area contributed by atoms with Crippen LogP contribution >= 0.6 is 11.3 Å². The lowest BCUT2D eigenvalue weighted by Crippen LogP contribution is -2.34. The number of fused-ring (bicyclic) bond motifs is 3. The SMILES string of the molecule is CB(CC(=O)N1CCCC1)C1CCC(Nc2ncnc3sc4c(c23)[C@@H](CCC(N)=O)CC4)CC1. The van der Waals surface area contributed by atoms with Crippen LogP contribution in [-0.2, 0) is 16.0 Å². The fourth-order valence-corrected chi connectivity index (χ4v) is 7.59. The van der Waals surface area contributed by atoms with E-state index in [1.807, 2.05) is 0 Å². The second kappa shape index (κ2) is 10.2. The van der Waals surface area contributed by atoms with Crippen LogP contribution in [0.5, 0.6) is 0 Å². The van der Waals surface area contributed by atoms with Crippen molar-refractivity contribution < 1.29 is 9.59 Å². The number of hydrogen-bond donors (Lipinski definition) is 2. The van der Waals surface area contributed by atoms with E-state index in [4.69, 9.17) is 5.73 Å². The lowest BCUT2D eigenvalue weighted by Gasteiger charge is -2.32. The lowest BCUT2D eigenvalue weighted by atomic mass is 9.38. The van der Waals surface area contributed by atoms with Gasteiger partial charge in [-0.05, 0) is 56.4 Å². The molecular weight excluding hydrogens is 445 g/mol. The zero-order valence-electron chi connectivity index (χ0n) is 20.2. The minimum Gasteiger partial charge on any atom is -0.370 e. The van der Waals surface area contributed by atoms with Crippen molar-refractivity contribution in [3.63, 3.8) is 0 Å². The number of carbonyl (C=O) groups is 2. The van der Waals surface area contributed by atoms with Gasteiger partial charge in [-0.3, -0.25) is 9.59 Å². The highest BCUT2D eigenvalue weighted by molar-refractivity contribution is 7.19. The Morgan fingerprint density at radius 2 is 1.94 bits per heavy atom. The Morgan fingerprint density at radius 1 is 1.18 bits per heavy atom. The molecule has 1 atom stereocenters. The molecule has 3 N–H and O–H groups in total. The summed E-state index contributed by atoms with van der Waals surface area (Å²) in [6.45, 7) is 4.61. The number of aromatic nitrogens is 2. The highest BCUT2D eigenvalue weighted by atomic mass is 32.1. The molecule has 0 radical (unpaired) electrons. The molecule has 2 fully saturated rings. The number of thiophene rings is 1. The van der Waals surface area contributed by atoms with Crippen molar-refractivity contribution in [1.29, 1.82) is 0 Å². The van der Waals surface area contributed by atoms with Crippen LogP contribution in [0.4, 0.5) is 5.82 Å². The first-order valence-electron chi connectivity index (χ1n) is 13.1. The first-order chi connectivity index (χ1) is 16.5. The average molecular weight is 481 g/mol. The van der Waals surface area contributed by atoms with Crippen LogP contribution < -0.4 is 11.1 Å². The summed E-state index contributed by atoms with van der Waals surface area (Å²) in [7, 11) is 0. The number of anilines is 1. The van der Waals surface area contributed by atoms with E-state index < -0.39 is 0 Å². The van der Waals surface area contributed by atoms with Crippen LogP contribution in [0, 0.1) is 0 Å². The molecule has 1 aliphatic heterocycles. The summed E-state index contributed by atoms with van der Waals surface area (Å²) in [6, 6.07) is 0.400. The minimum atomic E-state index is -0.226. The first-order valence-corrected chi connectivity index (χ1v) is 13.9. The van der Waals surface area contributed by atoms with Crippen LogP contribution in [-0.4, -0.2) is 52.5 Å². The van der Waals surface area contributed by atoms with Crippen LogP contribution in [0.1, 0.15) is 74.1 Å². The molecule has 2 amide bonds. The van der Waals surface area contributed by atoms with Crippen molar-refractivity contribution in [1.82, 2.24) is 14.9 Å². The monoisotopic (exact) mass is 481 g/mol. The number of amides is 2. The number of nitrogens with one attached hydrogen (secondary N) is 1. The van der Waals surface area contributed by atoms with E-state index in [0.29, 0.717) is 43.1 Å². The average Bonchev–Trinajstić information content (AvgIpc) is 3.56. The van der Waals surface area contributed by atoms with Crippen LogP contribution in [0.15, 0.2) is 6.33 Å². The molecule has 9 heteroatoms. The zero-order valence-corrected chi connectivity index (χ0v) is 21.0. The largest absolute Gasteiger partial charge is 0.370 e. The van der Waals surface area contributed by atoms with Crippen LogP contribution in [0.3, 0.4) is 0 Å². The number of aryl methyl sites for hydroxylation is 1. The number of likely N-dealkylation sites (tertiary alicyclic amines) is 1. The van der Waals surface area contributed by atoms with Gasteiger partial charge in [-0.2, -0.15) is 0 Å². The highest BCUT2D eigenvalue weighted by Gasteiger charge is 2.32. The molecule has 1 saturated carbocycles. The van der Waals surface area contributed by atoms with Gasteiger partial charge in [0.15, 0.2) is 6.71 Å². The van der Waals surface area contributed by atoms with Crippen molar-refractivity contribution in [2.75, 3.05) is 18.4 Å².